The first-order valence-electron chi connectivity index (χ1n) is 5.63. The van der Waals surface area contributed by atoms with E-state index in [1.54, 1.807) is 0 Å². The van der Waals surface area contributed by atoms with E-state index in [1.165, 1.54) is 11.3 Å². The normalized spacial score (nSPS) is 19.4. The number of carbonyl (C=O) groups is 1. The Balaban J connectivity index is 2.07. The largest absolute Gasteiger partial charge is 0.338 e. The van der Waals surface area contributed by atoms with Crippen molar-refractivity contribution >= 4 is 49.1 Å². The van der Waals surface area contributed by atoms with Crippen LogP contribution >= 0.6 is 43.2 Å². The molecule has 1 amide bonds. The summed E-state index contributed by atoms with van der Waals surface area (Å²) >= 11 is 8.34. The lowest BCUT2D eigenvalue weighted by Crippen LogP contribution is -2.40. The van der Waals surface area contributed by atoms with Gasteiger partial charge in [-0.25, -0.2) is 0 Å². The molecule has 94 valence electrons. The standard InChI is InChI=1S/C12H15Br2NOS/c1-12(2)3-5-15(6-4-12)11(16)9-7-8(13)10(14)17-9/h7H,3-6H2,1-2H3. The minimum absolute atomic E-state index is 0.164. The van der Waals surface area contributed by atoms with Crippen molar-refractivity contribution in [2.45, 2.75) is 26.7 Å². The van der Waals surface area contributed by atoms with Gasteiger partial charge in [-0.2, -0.15) is 0 Å². The molecular formula is C12H15Br2NOS. The number of thiophene rings is 1. The topological polar surface area (TPSA) is 20.3 Å². The Hall–Kier alpha value is 0.130. The smallest absolute Gasteiger partial charge is 0.264 e. The molecule has 1 aromatic rings. The number of hydrogen-bond donors (Lipinski definition) is 0. The van der Waals surface area contributed by atoms with E-state index in [4.69, 9.17) is 0 Å². The number of nitrogens with zero attached hydrogens (tertiary/aromatic N) is 1. The molecule has 0 unspecified atom stereocenters. The highest BCUT2D eigenvalue weighted by molar-refractivity contribution is 9.13. The van der Waals surface area contributed by atoms with Gasteiger partial charge in [0, 0.05) is 17.6 Å². The summed E-state index contributed by atoms with van der Waals surface area (Å²) in [4.78, 5) is 15.0. The minimum atomic E-state index is 0.164. The zero-order valence-electron chi connectivity index (χ0n) is 9.93. The van der Waals surface area contributed by atoms with Gasteiger partial charge < -0.3 is 4.90 Å². The van der Waals surface area contributed by atoms with E-state index in [-0.39, 0.29) is 5.91 Å². The van der Waals surface area contributed by atoms with Crippen molar-refractivity contribution in [2.24, 2.45) is 5.41 Å². The number of rotatable bonds is 1. The average Bonchev–Trinajstić information content (AvgIpc) is 2.58. The van der Waals surface area contributed by atoms with E-state index in [9.17, 15) is 4.79 Å². The van der Waals surface area contributed by atoms with E-state index in [1.807, 2.05) is 11.0 Å². The molecule has 2 nitrogen and oxygen atoms in total. The molecule has 0 spiro atoms. The van der Waals surface area contributed by atoms with Gasteiger partial charge in [0.05, 0.1) is 8.66 Å². The van der Waals surface area contributed by atoms with E-state index < -0.39 is 0 Å². The van der Waals surface area contributed by atoms with Crippen molar-refractivity contribution in [1.29, 1.82) is 0 Å². The van der Waals surface area contributed by atoms with Crippen LogP contribution in [-0.2, 0) is 0 Å². The second kappa shape index (κ2) is 5.02. The second-order valence-electron chi connectivity index (χ2n) is 5.19. The van der Waals surface area contributed by atoms with E-state index in [0.29, 0.717) is 5.41 Å². The number of hydrogen-bond acceptors (Lipinski definition) is 2. The van der Waals surface area contributed by atoms with Gasteiger partial charge in [0.25, 0.3) is 5.91 Å². The molecule has 1 aliphatic rings. The van der Waals surface area contributed by atoms with E-state index in [2.05, 4.69) is 45.7 Å². The molecule has 0 N–H and O–H groups in total. The predicted octanol–water partition coefficient (Wildman–Crippen LogP) is 4.54. The van der Waals surface area contributed by atoms with Crippen molar-refractivity contribution in [1.82, 2.24) is 4.90 Å². The van der Waals surface area contributed by atoms with Crippen LogP contribution in [0.2, 0.25) is 0 Å². The molecule has 1 fully saturated rings. The molecule has 0 bridgehead atoms. The van der Waals surface area contributed by atoms with Crippen LogP contribution in [-0.4, -0.2) is 23.9 Å². The van der Waals surface area contributed by atoms with Crippen LogP contribution in [0.25, 0.3) is 0 Å². The molecule has 0 radical (unpaired) electrons. The van der Waals surface area contributed by atoms with Crippen molar-refractivity contribution in [3.8, 4) is 0 Å². The Morgan fingerprint density at radius 2 is 1.94 bits per heavy atom. The summed E-state index contributed by atoms with van der Waals surface area (Å²) in [7, 11) is 0. The van der Waals surface area contributed by atoms with Crippen LogP contribution in [0.4, 0.5) is 0 Å². The Bertz CT molecular complexity index is 412. The van der Waals surface area contributed by atoms with E-state index in [0.717, 1.165) is 39.1 Å². The first kappa shape index (κ1) is 13.6. The number of likely N-dealkylation sites (tertiary alicyclic amines) is 1. The zero-order chi connectivity index (χ0) is 12.6. The average molecular weight is 381 g/mol. The van der Waals surface area contributed by atoms with E-state index >= 15 is 0 Å². The molecule has 2 rings (SSSR count). The predicted molar refractivity (Wildman–Crippen MR) is 78.6 cm³/mol. The fourth-order valence-electron chi connectivity index (χ4n) is 1.92. The van der Waals surface area contributed by atoms with Gasteiger partial charge in [-0.05, 0) is 56.2 Å². The first-order chi connectivity index (χ1) is 7.89. The Kier molecular flexibility index (Phi) is 4.00. The molecule has 0 atom stereocenters. The summed E-state index contributed by atoms with van der Waals surface area (Å²) in [5, 5.41) is 0. The van der Waals surface area contributed by atoms with Crippen LogP contribution in [0.3, 0.4) is 0 Å². The highest BCUT2D eigenvalue weighted by Gasteiger charge is 2.29. The van der Waals surface area contributed by atoms with Crippen molar-refractivity contribution in [2.75, 3.05) is 13.1 Å². The van der Waals surface area contributed by atoms with Gasteiger partial charge in [-0.3, -0.25) is 4.79 Å². The van der Waals surface area contributed by atoms with Gasteiger partial charge in [0.1, 0.15) is 0 Å². The summed E-state index contributed by atoms with van der Waals surface area (Å²) in [6.07, 6.45) is 2.18. The summed E-state index contributed by atoms with van der Waals surface area (Å²) in [5.74, 6) is 0.164. The van der Waals surface area contributed by atoms with Crippen LogP contribution in [0, 0.1) is 5.41 Å². The number of piperidine rings is 1. The van der Waals surface area contributed by atoms with Crippen LogP contribution < -0.4 is 0 Å². The van der Waals surface area contributed by atoms with Crippen LogP contribution in [0.5, 0.6) is 0 Å². The second-order valence-corrected chi connectivity index (χ2v) is 8.41. The molecule has 1 aliphatic heterocycles. The van der Waals surface area contributed by atoms with Crippen LogP contribution in [0.15, 0.2) is 14.3 Å². The third kappa shape index (κ3) is 3.12. The minimum Gasteiger partial charge on any atom is -0.338 e. The van der Waals surface area contributed by atoms with Crippen LogP contribution in [0.1, 0.15) is 36.4 Å². The van der Waals surface area contributed by atoms with Gasteiger partial charge in [-0.15, -0.1) is 11.3 Å². The van der Waals surface area contributed by atoms with Crippen molar-refractivity contribution in [3.63, 3.8) is 0 Å². The third-order valence-electron chi connectivity index (χ3n) is 3.26. The van der Waals surface area contributed by atoms with Gasteiger partial charge in [-0.1, -0.05) is 13.8 Å². The SMILES string of the molecule is CC1(C)CCN(C(=O)c2cc(Br)c(Br)s2)CC1. The molecule has 17 heavy (non-hydrogen) atoms. The van der Waals surface area contributed by atoms with Gasteiger partial charge in [0.15, 0.2) is 0 Å². The maximum absolute atomic E-state index is 12.3. The van der Waals surface area contributed by atoms with Gasteiger partial charge in [0.2, 0.25) is 0 Å². The van der Waals surface area contributed by atoms with Crippen molar-refractivity contribution in [3.05, 3.63) is 19.2 Å². The maximum atomic E-state index is 12.3. The lowest BCUT2D eigenvalue weighted by molar-refractivity contribution is 0.0635. The summed E-state index contributed by atoms with van der Waals surface area (Å²) in [6, 6.07) is 1.90. The fraction of sp³-hybridized carbons (Fsp3) is 0.583. The molecule has 0 saturated carbocycles. The molecule has 1 aromatic heterocycles. The molecular weight excluding hydrogens is 366 g/mol. The maximum Gasteiger partial charge on any atom is 0.264 e. The summed E-state index contributed by atoms with van der Waals surface area (Å²) in [5.41, 5.74) is 0.382. The summed E-state index contributed by atoms with van der Waals surface area (Å²) < 4.78 is 1.95. The lowest BCUT2D eigenvalue weighted by atomic mass is 9.82. The quantitative estimate of drug-likeness (QED) is 0.700. The number of halogens is 2. The zero-order valence-corrected chi connectivity index (χ0v) is 13.9. The van der Waals surface area contributed by atoms with Gasteiger partial charge >= 0.3 is 0 Å². The highest BCUT2D eigenvalue weighted by Crippen LogP contribution is 2.35. The Morgan fingerprint density at radius 1 is 1.35 bits per heavy atom. The number of carbonyl (C=O) groups excluding carboxylic acids is 1. The highest BCUT2D eigenvalue weighted by atomic mass is 79.9. The number of amides is 1. The third-order valence-corrected chi connectivity index (χ3v) is 6.50. The van der Waals surface area contributed by atoms with Crippen molar-refractivity contribution < 1.29 is 4.79 Å². The monoisotopic (exact) mass is 379 g/mol. The molecule has 1 saturated heterocycles. The fourth-order valence-corrected chi connectivity index (χ4v) is 3.93. The first-order valence-corrected chi connectivity index (χ1v) is 8.03. The Morgan fingerprint density at radius 3 is 2.41 bits per heavy atom. The molecule has 0 aliphatic carbocycles. The molecule has 0 aromatic carbocycles. The molecule has 5 heteroatoms. The lowest BCUT2D eigenvalue weighted by Gasteiger charge is -2.36. The Labute approximate surface area is 123 Å². The molecule has 2 heterocycles. The summed E-state index contributed by atoms with van der Waals surface area (Å²) in [6.45, 7) is 6.29.